The van der Waals surface area contributed by atoms with Gasteiger partial charge in [0.1, 0.15) is 6.61 Å². The molecule has 2 aliphatic heterocycles. The van der Waals surface area contributed by atoms with Gasteiger partial charge in [-0.1, -0.05) is 23.2 Å². The molecule has 2 unspecified atom stereocenters. The molecule has 170 valence electrons. The molecule has 4 rings (SSSR count). The monoisotopic (exact) mass is 497 g/mol. The second-order valence-electron chi connectivity index (χ2n) is 8.04. The number of hydrogen-bond donors (Lipinski definition) is 1. The highest BCUT2D eigenvalue weighted by atomic mass is 35.5. The summed E-state index contributed by atoms with van der Waals surface area (Å²) in [6.07, 6.45) is -0.410. The quantitative estimate of drug-likeness (QED) is 0.697. The van der Waals surface area contributed by atoms with Crippen molar-refractivity contribution in [2.24, 2.45) is 17.0 Å². The van der Waals surface area contributed by atoms with Gasteiger partial charge in [0.15, 0.2) is 0 Å². The Bertz CT molecular complexity index is 1120. The number of halogens is 2. The zero-order chi connectivity index (χ0) is 23.0. The molecule has 2 aromatic rings. The van der Waals surface area contributed by atoms with E-state index >= 15 is 0 Å². The maximum absolute atomic E-state index is 12.8. The fraction of sp³-hybridized carbons (Fsp3) is 0.333. The molecular formula is C21H21Cl2N3O5S. The van der Waals surface area contributed by atoms with Crippen LogP contribution >= 0.6 is 23.2 Å². The highest BCUT2D eigenvalue weighted by Gasteiger charge is 2.43. The molecule has 2 amide bonds. The van der Waals surface area contributed by atoms with Gasteiger partial charge in [-0.05, 0) is 48.0 Å². The molecule has 0 spiro atoms. The third-order valence-corrected chi connectivity index (χ3v) is 7.11. The summed E-state index contributed by atoms with van der Waals surface area (Å²) >= 11 is 11.9. The van der Waals surface area contributed by atoms with Gasteiger partial charge in [0.05, 0.1) is 4.90 Å². The Morgan fingerprint density at radius 2 is 1.47 bits per heavy atom. The van der Waals surface area contributed by atoms with E-state index in [9.17, 15) is 18.0 Å². The summed E-state index contributed by atoms with van der Waals surface area (Å²) in [4.78, 5) is 28.6. The summed E-state index contributed by atoms with van der Waals surface area (Å²) in [6, 6.07) is 10.6. The molecule has 0 bridgehead atoms. The molecule has 2 saturated heterocycles. The molecule has 2 N–H and O–H groups in total. The van der Waals surface area contributed by atoms with Crippen LogP contribution in [0.3, 0.4) is 0 Å². The van der Waals surface area contributed by atoms with Crippen molar-refractivity contribution in [2.45, 2.75) is 11.5 Å². The Morgan fingerprint density at radius 3 is 2.00 bits per heavy atom. The molecule has 0 aromatic heterocycles. The lowest BCUT2D eigenvalue weighted by atomic mass is 10.0. The number of carbonyl (C=O) groups is 2. The summed E-state index contributed by atoms with van der Waals surface area (Å²) < 4.78 is 28.1. The van der Waals surface area contributed by atoms with E-state index < -0.39 is 16.1 Å². The number of benzene rings is 2. The van der Waals surface area contributed by atoms with Gasteiger partial charge >= 0.3 is 6.09 Å². The maximum atomic E-state index is 12.8. The van der Waals surface area contributed by atoms with Crippen molar-refractivity contribution in [2.75, 3.05) is 26.2 Å². The van der Waals surface area contributed by atoms with Crippen LogP contribution < -0.4 is 5.14 Å². The fourth-order valence-electron chi connectivity index (χ4n) is 4.21. The Kier molecular flexibility index (Phi) is 6.35. The van der Waals surface area contributed by atoms with Gasteiger partial charge in [-0.15, -0.1) is 0 Å². The lowest BCUT2D eigenvalue weighted by molar-refractivity contribution is 0.0764. The number of primary sulfonamides is 1. The van der Waals surface area contributed by atoms with Gasteiger partial charge in [-0.3, -0.25) is 4.79 Å². The number of carbonyl (C=O) groups excluding carboxylic acids is 2. The summed E-state index contributed by atoms with van der Waals surface area (Å²) in [7, 11) is -3.81. The molecule has 0 saturated carbocycles. The third-order valence-electron chi connectivity index (χ3n) is 5.75. The topological polar surface area (TPSA) is 110 Å². The van der Waals surface area contributed by atoms with E-state index in [2.05, 4.69) is 0 Å². The number of likely N-dealkylation sites (tertiary alicyclic amines) is 2. The van der Waals surface area contributed by atoms with E-state index in [1.165, 1.54) is 24.3 Å². The first-order valence-electron chi connectivity index (χ1n) is 9.89. The van der Waals surface area contributed by atoms with Crippen LogP contribution in [0.5, 0.6) is 0 Å². The Balaban J connectivity index is 1.30. The van der Waals surface area contributed by atoms with E-state index in [4.69, 9.17) is 33.1 Å². The zero-order valence-electron chi connectivity index (χ0n) is 16.9. The van der Waals surface area contributed by atoms with Crippen molar-refractivity contribution in [3.8, 4) is 0 Å². The van der Waals surface area contributed by atoms with Gasteiger partial charge in [-0.25, -0.2) is 18.4 Å². The number of rotatable bonds is 4. The molecule has 2 heterocycles. The minimum absolute atomic E-state index is 0.0402. The number of fused-ring (bicyclic) bond motifs is 1. The van der Waals surface area contributed by atoms with Crippen molar-refractivity contribution in [1.82, 2.24) is 9.80 Å². The number of ether oxygens (including phenoxy) is 1. The summed E-state index contributed by atoms with van der Waals surface area (Å²) in [5.41, 5.74) is 1.11. The summed E-state index contributed by atoms with van der Waals surface area (Å²) in [5.74, 6) is 0.152. The number of nitrogens with two attached hydrogens (primary N) is 1. The van der Waals surface area contributed by atoms with Gasteiger partial charge < -0.3 is 14.5 Å². The minimum Gasteiger partial charge on any atom is -0.445 e. The first-order valence-corrected chi connectivity index (χ1v) is 12.2. The second kappa shape index (κ2) is 8.90. The van der Waals surface area contributed by atoms with Crippen molar-refractivity contribution < 1.29 is 22.7 Å². The second-order valence-corrected chi connectivity index (χ2v) is 10.5. The molecular weight excluding hydrogens is 477 g/mol. The Morgan fingerprint density at radius 1 is 0.938 bits per heavy atom. The third kappa shape index (κ3) is 5.01. The van der Waals surface area contributed by atoms with E-state index in [1.54, 1.807) is 28.0 Å². The first-order chi connectivity index (χ1) is 15.1. The predicted octanol–water partition coefficient (Wildman–Crippen LogP) is 2.98. The summed E-state index contributed by atoms with van der Waals surface area (Å²) in [6.45, 7) is 2.13. The average molecular weight is 498 g/mol. The van der Waals surface area contributed by atoms with Gasteiger partial charge in [-0.2, -0.15) is 0 Å². The van der Waals surface area contributed by atoms with Crippen molar-refractivity contribution in [1.29, 1.82) is 0 Å². The van der Waals surface area contributed by atoms with Crippen LogP contribution in [0.25, 0.3) is 0 Å². The van der Waals surface area contributed by atoms with E-state index in [0.29, 0.717) is 47.4 Å². The molecule has 2 fully saturated rings. The number of sulfonamides is 1. The van der Waals surface area contributed by atoms with Crippen molar-refractivity contribution >= 4 is 45.2 Å². The Hall–Kier alpha value is -2.33. The average Bonchev–Trinajstić information content (AvgIpc) is 3.30. The van der Waals surface area contributed by atoms with Crippen LogP contribution in [-0.2, 0) is 21.4 Å². The van der Waals surface area contributed by atoms with Crippen molar-refractivity contribution in [3.63, 3.8) is 0 Å². The van der Waals surface area contributed by atoms with Crippen LogP contribution in [0, 0.1) is 11.8 Å². The van der Waals surface area contributed by atoms with Gasteiger partial charge in [0.2, 0.25) is 10.0 Å². The highest BCUT2D eigenvalue weighted by molar-refractivity contribution is 7.89. The first kappa shape index (κ1) is 22.8. The molecule has 2 aliphatic rings. The lowest BCUT2D eigenvalue weighted by Gasteiger charge is -2.21. The van der Waals surface area contributed by atoms with E-state index in [-0.39, 0.29) is 29.2 Å². The molecule has 2 aromatic carbocycles. The highest BCUT2D eigenvalue weighted by Crippen LogP contribution is 2.32. The summed E-state index contributed by atoms with van der Waals surface area (Å²) in [5, 5.41) is 6.05. The van der Waals surface area contributed by atoms with Crippen LogP contribution in [0.2, 0.25) is 10.0 Å². The molecule has 0 aliphatic carbocycles. The molecule has 11 heteroatoms. The minimum atomic E-state index is -3.81. The van der Waals surface area contributed by atoms with E-state index in [1.807, 2.05) is 0 Å². The smallest absolute Gasteiger partial charge is 0.410 e. The largest absolute Gasteiger partial charge is 0.445 e. The Labute approximate surface area is 195 Å². The van der Waals surface area contributed by atoms with Crippen LogP contribution in [0.1, 0.15) is 15.9 Å². The molecule has 0 radical (unpaired) electrons. The van der Waals surface area contributed by atoms with Crippen LogP contribution in [0.15, 0.2) is 47.4 Å². The van der Waals surface area contributed by atoms with E-state index in [0.717, 1.165) is 0 Å². The lowest BCUT2D eigenvalue weighted by Crippen LogP contribution is -2.35. The van der Waals surface area contributed by atoms with Crippen molar-refractivity contribution in [3.05, 3.63) is 63.6 Å². The predicted molar refractivity (Wildman–Crippen MR) is 119 cm³/mol. The van der Waals surface area contributed by atoms with Crippen LogP contribution in [-0.4, -0.2) is 56.4 Å². The van der Waals surface area contributed by atoms with Crippen LogP contribution in [0.4, 0.5) is 4.79 Å². The molecule has 2 atom stereocenters. The van der Waals surface area contributed by atoms with Gasteiger partial charge in [0, 0.05) is 53.6 Å². The SMILES string of the molecule is NS(=O)(=O)c1ccc(C(=O)N2CC3CN(C(=O)OCc4cc(Cl)cc(Cl)c4)CC3C2)cc1. The number of amides is 2. The number of nitrogens with zero attached hydrogens (tertiary/aromatic N) is 2. The van der Waals surface area contributed by atoms with Gasteiger partial charge in [0.25, 0.3) is 5.91 Å². The zero-order valence-corrected chi connectivity index (χ0v) is 19.2. The fourth-order valence-corrected chi connectivity index (χ4v) is 5.30. The molecule has 8 nitrogen and oxygen atoms in total. The normalized spacial score (nSPS) is 20.3. The molecule has 32 heavy (non-hydrogen) atoms. The number of hydrogen-bond acceptors (Lipinski definition) is 5. The standard InChI is InChI=1S/C21H21Cl2N3O5S/c22-17-5-13(6-18(23)7-17)12-31-21(28)26-10-15-8-25(9-16(15)11-26)20(27)14-1-3-19(4-2-14)32(24,29)30/h1-7,15-16H,8-12H2,(H2,24,29,30). The maximum Gasteiger partial charge on any atom is 0.410 e.